The van der Waals surface area contributed by atoms with E-state index in [0.29, 0.717) is 18.0 Å². The largest absolute Gasteiger partial charge is 0.347 e. The van der Waals surface area contributed by atoms with Crippen LogP contribution in [0.4, 0.5) is 0 Å². The Morgan fingerprint density at radius 2 is 2.06 bits per heavy atom. The Bertz CT molecular complexity index is 476. The average Bonchev–Trinajstić information content (AvgIpc) is 2.52. The molecule has 1 aromatic rings. The van der Waals surface area contributed by atoms with Crippen LogP contribution in [0.15, 0.2) is 24.3 Å². The Kier molecular flexibility index (Phi) is 3.87. The van der Waals surface area contributed by atoms with E-state index in [0.717, 1.165) is 5.56 Å². The molecule has 2 amide bonds. The lowest BCUT2D eigenvalue weighted by Gasteiger charge is -2.28. The Balaban J connectivity index is 2.22. The Morgan fingerprint density at radius 3 is 2.78 bits per heavy atom. The summed E-state index contributed by atoms with van der Waals surface area (Å²) < 4.78 is 0. The van der Waals surface area contributed by atoms with E-state index in [2.05, 4.69) is 5.32 Å². The maximum absolute atomic E-state index is 12.0. The normalized spacial score (nSPS) is 18.2. The molecule has 1 aromatic carbocycles. The summed E-state index contributed by atoms with van der Waals surface area (Å²) in [6.45, 7) is 2.42. The van der Waals surface area contributed by atoms with Gasteiger partial charge in [0.05, 0.1) is 12.6 Å². The number of hydrogen-bond acceptors (Lipinski definition) is 2. The summed E-state index contributed by atoms with van der Waals surface area (Å²) in [6.07, 6.45) is 0.334. The second-order valence-corrected chi connectivity index (χ2v) is 4.72. The molecule has 0 radical (unpaired) electrons. The highest BCUT2D eigenvalue weighted by molar-refractivity contribution is 6.31. The predicted octanol–water partition coefficient (Wildman–Crippen LogP) is 1.75. The molecule has 1 aliphatic heterocycles. The summed E-state index contributed by atoms with van der Waals surface area (Å²) in [5, 5.41) is 3.22. The van der Waals surface area contributed by atoms with Crippen molar-refractivity contribution < 1.29 is 9.59 Å². The highest BCUT2D eigenvalue weighted by atomic mass is 35.5. The standard InChI is InChI=1S/C13H15ClN2O2/c1-9(10-4-2-3-5-11(10)14)16-7-6-12(17)15-8-13(16)18/h2-5,9H,6-8H2,1H3,(H,15,17). The van der Waals surface area contributed by atoms with E-state index in [-0.39, 0.29) is 24.4 Å². The van der Waals surface area contributed by atoms with Crippen LogP contribution in [0, 0.1) is 0 Å². The summed E-state index contributed by atoms with van der Waals surface area (Å²) in [5.41, 5.74) is 0.905. The van der Waals surface area contributed by atoms with Crippen molar-refractivity contribution in [2.45, 2.75) is 19.4 Å². The van der Waals surface area contributed by atoms with Crippen LogP contribution in [0.1, 0.15) is 24.9 Å². The third-order valence-electron chi connectivity index (χ3n) is 3.16. The molecule has 5 heteroatoms. The molecular formula is C13H15ClN2O2. The first kappa shape index (κ1) is 12.9. The number of nitrogens with one attached hydrogen (secondary N) is 1. The average molecular weight is 267 g/mol. The van der Waals surface area contributed by atoms with E-state index in [9.17, 15) is 9.59 Å². The number of amides is 2. The number of halogens is 1. The van der Waals surface area contributed by atoms with Gasteiger partial charge in [-0.25, -0.2) is 0 Å². The Morgan fingerprint density at radius 1 is 1.33 bits per heavy atom. The fourth-order valence-corrected chi connectivity index (χ4v) is 2.40. The van der Waals surface area contributed by atoms with Crippen LogP contribution in [0.25, 0.3) is 0 Å². The minimum atomic E-state index is -0.126. The second kappa shape index (κ2) is 5.40. The fourth-order valence-electron chi connectivity index (χ4n) is 2.10. The zero-order chi connectivity index (χ0) is 13.1. The molecule has 0 spiro atoms. The number of rotatable bonds is 2. The molecule has 2 rings (SSSR count). The summed E-state index contributed by atoms with van der Waals surface area (Å²) in [5.74, 6) is -0.162. The first-order chi connectivity index (χ1) is 8.59. The van der Waals surface area contributed by atoms with Crippen LogP contribution in [0.3, 0.4) is 0 Å². The van der Waals surface area contributed by atoms with Gasteiger partial charge in [-0.2, -0.15) is 0 Å². The van der Waals surface area contributed by atoms with Crippen molar-refractivity contribution >= 4 is 23.4 Å². The summed E-state index contributed by atoms with van der Waals surface area (Å²) >= 11 is 6.13. The molecule has 0 saturated carbocycles. The van der Waals surface area contributed by atoms with Gasteiger partial charge in [-0.05, 0) is 18.6 Å². The lowest BCUT2D eigenvalue weighted by Crippen LogP contribution is -2.37. The number of hydrogen-bond donors (Lipinski definition) is 1. The second-order valence-electron chi connectivity index (χ2n) is 4.31. The molecule has 1 fully saturated rings. The van der Waals surface area contributed by atoms with Crippen LogP contribution >= 0.6 is 11.6 Å². The maximum atomic E-state index is 12.0. The topological polar surface area (TPSA) is 49.4 Å². The van der Waals surface area contributed by atoms with E-state index in [1.54, 1.807) is 11.0 Å². The molecule has 1 unspecified atom stereocenters. The molecule has 4 nitrogen and oxygen atoms in total. The van der Waals surface area contributed by atoms with Gasteiger partial charge in [-0.15, -0.1) is 0 Å². The third kappa shape index (κ3) is 2.64. The number of carbonyl (C=O) groups excluding carboxylic acids is 2. The quantitative estimate of drug-likeness (QED) is 0.887. The minimum Gasteiger partial charge on any atom is -0.347 e. The van der Waals surface area contributed by atoms with Gasteiger partial charge in [0.15, 0.2) is 0 Å². The first-order valence-corrected chi connectivity index (χ1v) is 6.28. The van der Waals surface area contributed by atoms with Crippen LogP contribution in [0.5, 0.6) is 0 Å². The molecule has 96 valence electrons. The molecule has 0 aliphatic carbocycles. The monoisotopic (exact) mass is 266 g/mol. The summed E-state index contributed by atoms with van der Waals surface area (Å²) in [6, 6.07) is 7.33. The van der Waals surface area contributed by atoms with Gasteiger partial charge >= 0.3 is 0 Å². The van der Waals surface area contributed by atoms with Gasteiger partial charge in [0.2, 0.25) is 11.8 Å². The molecule has 18 heavy (non-hydrogen) atoms. The van der Waals surface area contributed by atoms with Crippen molar-refractivity contribution in [2.75, 3.05) is 13.1 Å². The van der Waals surface area contributed by atoms with Crippen LogP contribution < -0.4 is 5.32 Å². The molecule has 1 aliphatic rings. The number of benzene rings is 1. The van der Waals surface area contributed by atoms with Gasteiger partial charge in [0, 0.05) is 18.0 Å². The van der Waals surface area contributed by atoms with Gasteiger partial charge in [0.1, 0.15) is 0 Å². The van der Waals surface area contributed by atoms with E-state index < -0.39 is 0 Å². The van der Waals surface area contributed by atoms with E-state index in [1.807, 2.05) is 25.1 Å². The van der Waals surface area contributed by atoms with Gasteiger partial charge in [-0.1, -0.05) is 29.8 Å². The molecule has 1 saturated heterocycles. The summed E-state index contributed by atoms with van der Waals surface area (Å²) in [4.78, 5) is 24.9. The molecule has 1 N–H and O–H groups in total. The predicted molar refractivity (Wildman–Crippen MR) is 69.2 cm³/mol. The zero-order valence-electron chi connectivity index (χ0n) is 10.1. The summed E-state index contributed by atoms with van der Waals surface area (Å²) in [7, 11) is 0. The lowest BCUT2D eigenvalue weighted by atomic mass is 10.1. The van der Waals surface area contributed by atoms with Crippen molar-refractivity contribution in [2.24, 2.45) is 0 Å². The van der Waals surface area contributed by atoms with Crippen molar-refractivity contribution in [3.63, 3.8) is 0 Å². The first-order valence-electron chi connectivity index (χ1n) is 5.90. The van der Waals surface area contributed by atoms with Crippen molar-refractivity contribution in [3.05, 3.63) is 34.9 Å². The number of nitrogens with zero attached hydrogens (tertiary/aromatic N) is 1. The van der Waals surface area contributed by atoms with E-state index in [4.69, 9.17) is 11.6 Å². The third-order valence-corrected chi connectivity index (χ3v) is 3.50. The van der Waals surface area contributed by atoms with Crippen LogP contribution in [-0.4, -0.2) is 29.8 Å². The maximum Gasteiger partial charge on any atom is 0.242 e. The molecule has 0 aromatic heterocycles. The molecule has 1 heterocycles. The Hall–Kier alpha value is -1.55. The highest BCUT2D eigenvalue weighted by Crippen LogP contribution is 2.27. The lowest BCUT2D eigenvalue weighted by molar-refractivity contribution is -0.132. The molecule has 1 atom stereocenters. The van der Waals surface area contributed by atoms with E-state index >= 15 is 0 Å². The molecular weight excluding hydrogens is 252 g/mol. The highest BCUT2D eigenvalue weighted by Gasteiger charge is 2.26. The smallest absolute Gasteiger partial charge is 0.242 e. The Labute approximate surface area is 111 Å². The van der Waals surface area contributed by atoms with Gasteiger partial charge in [0.25, 0.3) is 0 Å². The van der Waals surface area contributed by atoms with Crippen molar-refractivity contribution in [1.82, 2.24) is 10.2 Å². The molecule has 0 bridgehead atoms. The van der Waals surface area contributed by atoms with E-state index in [1.165, 1.54) is 0 Å². The number of carbonyl (C=O) groups is 2. The fraction of sp³-hybridized carbons (Fsp3) is 0.385. The van der Waals surface area contributed by atoms with Gasteiger partial charge < -0.3 is 10.2 Å². The van der Waals surface area contributed by atoms with Crippen molar-refractivity contribution in [1.29, 1.82) is 0 Å². The van der Waals surface area contributed by atoms with Crippen molar-refractivity contribution in [3.8, 4) is 0 Å². The SMILES string of the molecule is CC(c1ccccc1Cl)N1CCC(=O)NCC1=O. The minimum absolute atomic E-state index is 0.0631. The zero-order valence-corrected chi connectivity index (χ0v) is 10.9. The van der Waals surface area contributed by atoms with Gasteiger partial charge in [-0.3, -0.25) is 9.59 Å². The van der Waals surface area contributed by atoms with Crippen LogP contribution in [-0.2, 0) is 9.59 Å². The van der Waals surface area contributed by atoms with Crippen LogP contribution in [0.2, 0.25) is 5.02 Å².